The predicted molar refractivity (Wildman–Crippen MR) is 136 cm³/mol. The van der Waals surface area contributed by atoms with Crippen LogP contribution < -0.4 is 0 Å². The van der Waals surface area contributed by atoms with Crippen LogP contribution in [0, 0.1) is 6.92 Å². The van der Waals surface area contributed by atoms with Crippen molar-refractivity contribution in [3.05, 3.63) is 46.7 Å². The van der Waals surface area contributed by atoms with Gasteiger partial charge in [-0.1, -0.05) is 120 Å². The maximum absolute atomic E-state index is 12.7. The number of carbonyl (C=O) groups excluding carboxylic acids is 2. The van der Waals surface area contributed by atoms with E-state index >= 15 is 0 Å². The molecule has 0 bridgehead atoms. The molecule has 1 aromatic rings. The van der Waals surface area contributed by atoms with Crippen molar-refractivity contribution in [2.45, 2.75) is 117 Å². The minimum atomic E-state index is -0.474. The molecule has 184 valence electrons. The maximum Gasteiger partial charge on any atom is 0.290 e. The van der Waals surface area contributed by atoms with Crippen molar-refractivity contribution in [1.82, 2.24) is 4.90 Å². The topological polar surface area (TPSA) is 57.6 Å². The Bertz CT molecular complexity index is 766. The van der Waals surface area contributed by atoms with E-state index < -0.39 is 11.9 Å². The average molecular weight is 456 g/mol. The number of hydrogen-bond donors (Lipinski definition) is 1. The lowest BCUT2D eigenvalue weighted by atomic mass is 9.96. The minimum absolute atomic E-state index is 0.231. The number of amides is 1. The molecule has 1 heterocycles. The molecule has 1 atom stereocenters. The van der Waals surface area contributed by atoms with Crippen molar-refractivity contribution in [3.63, 3.8) is 0 Å². The molecule has 0 saturated carbocycles. The maximum atomic E-state index is 12.7. The van der Waals surface area contributed by atoms with E-state index in [9.17, 15) is 14.7 Å². The average Bonchev–Trinajstić information content (AvgIpc) is 3.05. The Labute approximate surface area is 201 Å². The summed E-state index contributed by atoms with van der Waals surface area (Å²) < 4.78 is 0. The molecule has 1 aromatic carbocycles. The molecule has 0 spiro atoms. The molecule has 1 N–H and O–H groups in total. The molecular formula is C29H45NO3. The SMILES string of the molecule is CCCCCCCCCCCCCCCCN1C(=O)C(O)=C(C(C)=O)[C@H]1c1ccc(C)cc1. The summed E-state index contributed by atoms with van der Waals surface area (Å²) in [6.45, 7) is 6.27. The van der Waals surface area contributed by atoms with Crippen molar-refractivity contribution in [2.75, 3.05) is 6.54 Å². The summed E-state index contributed by atoms with van der Waals surface area (Å²) in [5.74, 6) is -1.03. The van der Waals surface area contributed by atoms with E-state index in [-0.39, 0.29) is 17.1 Å². The van der Waals surface area contributed by atoms with Gasteiger partial charge in [0.1, 0.15) is 0 Å². The van der Waals surface area contributed by atoms with Crippen LogP contribution in [-0.4, -0.2) is 28.2 Å². The lowest BCUT2D eigenvalue weighted by Crippen LogP contribution is -2.32. The van der Waals surface area contributed by atoms with Crippen LogP contribution in [0.2, 0.25) is 0 Å². The predicted octanol–water partition coefficient (Wildman–Crippen LogP) is 7.76. The number of aliphatic hydroxyl groups excluding tert-OH is 1. The van der Waals surface area contributed by atoms with Gasteiger partial charge in [0.15, 0.2) is 11.5 Å². The highest BCUT2D eigenvalue weighted by atomic mass is 16.3. The van der Waals surface area contributed by atoms with Crippen LogP contribution in [0.15, 0.2) is 35.6 Å². The van der Waals surface area contributed by atoms with Gasteiger partial charge in [0.2, 0.25) is 0 Å². The normalized spacial score (nSPS) is 16.2. The third-order valence-electron chi connectivity index (χ3n) is 6.83. The first-order valence-electron chi connectivity index (χ1n) is 13.3. The number of Topliss-reactive ketones (excluding diaryl/α,β-unsaturated/α-hetero) is 1. The molecule has 4 heteroatoms. The van der Waals surface area contributed by atoms with Gasteiger partial charge >= 0.3 is 0 Å². The van der Waals surface area contributed by atoms with Crippen molar-refractivity contribution >= 4 is 11.7 Å². The lowest BCUT2D eigenvalue weighted by Gasteiger charge is -2.26. The van der Waals surface area contributed by atoms with Gasteiger partial charge in [0, 0.05) is 6.54 Å². The summed E-state index contributed by atoms with van der Waals surface area (Å²) in [5, 5.41) is 10.4. The summed E-state index contributed by atoms with van der Waals surface area (Å²) in [6, 6.07) is 7.40. The fourth-order valence-corrected chi connectivity index (χ4v) is 4.82. The van der Waals surface area contributed by atoms with E-state index in [2.05, 4.69) is 6.92 Å². The van der Waals surface area contributed by atoms with Crippen LogP contribution in [0.1, 0.15) is 121 Å². The molecule has 0 fully saturated rings. The van der Waals surface area contributed by atoms with Gasteiger partial charge in [-0.3, -0.25) is 9.59 Å². The molecular weight excluding hydrogens is 410 g/mol. The Morgan fingerprint density at radius 1 is 0.818 bits per heavy atom. The highest BCUT2D eigenvalue weighted by Gasteiger charge is 2.41. The van der Waals surface area contributed by atoms with E-state index in [0.717, 1.165) is 24.0 Å². The largest absolute Gasteiger partial charge is 0.503 e. The van der Waals surface area contributed by atoms with E-state index in [1.807, 2.05) is 31.2 Å². The second-order valence-corrected chi connectivity index (χ2v) is 9.73. The first-order valence-corrected chi connectivity index (χ1v) is 13.3. The van der Waals surface area contributed by atoms with Crippen LogP contribution in [0.5, 0.6) is 0 Å². The Hall–Kier alpha value is -2.10. The van der Waals surface area contributed by atoms with E-state index in [4.69, 9.17) is 0 Å². The van der Waals surface area contributed by atoms with E-state index in [1.54, 1.807) is 4.90 Å². The first-order chi connectivity index (χ1) is 16.0. The molecule has 1 amide bonds. The fraction of sp³-hybridized carbons (Fsp3) is 0.655. The van der Waals surface area contributed by atoms with Crippen molar-refractivity contribution < 1.29 is 14.7 Å². The molecule has 1 aliphatic heterocycles. The zero-order chi connectivity index (χ0) is 24.1. The van der Waals surface area contributed by atoms with E-state index in [1.165, 1.54) is 84.0 Å². The molecule has 0 aromatic heterocycles. The first kappa shape index (κ1) is 27.1. The van der Waals surface area contributed by atoms with Crippen LogP contribution in [-0.2, 0) is 9.59 Å². The number of carbonyl (C=O) groups is 2. The third kappa shape index (κ3) is 8.64. The Balaban J connectivity index is 1.68. The van der Waals surface area contributed by atoms with Gasteiger partial charge in [0.05, 0.1) is 11.6 Å². The quantitative estimate of drug-likeness (QED) is 0.244. The molecule has 4 nitrogen and oxygen atoms in total. The standard InChI is InChI=1S/C29H45NO3/c1-4-5-6-7-8-9-10-11-12-13-14-15-16-17-22-30-27(25-20-18-23(2)19-21-25)26(24(3)31)28(32)29(30)33/h18-21,27,32H,4-17,22H2,1-3H3/t27-/m1/s1. The monoisotopic (exact) mass is 455 g/mol. The van der Waals surface area contributed by atoms with E-state index in [0.29, 0.717) is 6.54 Å². The molecule has 0 saturated heterocycles. The molecule has 2 rings (SSSR count). The van der Waals surface area contributed by atoms with Crippen molar-refractivity contribution in [1.29, 1.82) is 0 Å². The smallest absolute Gasteiger partial charge is 0.290 e. The van der Waals surface area contributed by atoms with Crippen LogP contribution in [0.3, 0.4) is 0 Å². The summed E-state index contributed by atoms with van der Waals surface area (Å²) >= 11 is 0. The zero-order valence-electron chi connectivity index (χ0n) is 21.2. The Morgan fingerprint density at radius 2 is 1.27 bits per heavy atom. The summed E-state index contributed by atoms with van der Waals surface area (Å²) in [7, 11) is 0. The second-order valence-electron chi connectivity index (χ2n) is 9.73. The number of rotatable bonds is 17. The van der Waals surface area contributed by atoms with Crippen LogP contribution >= 0.6 is 0 Å². The Kier molecular flexibility index (Phi) is 12.3. The van der Waals surface area contributed by atoms with Crippen molar-refractivity contribution in [3.8, 4) is 0 Å². The van der Waals surface area contributed by atoms with Gasteiger partial charge < -0.3 is 10.0 Å². The molecule has 0 aliphatic carbocycles. The van der Waals surface area contributed by atoms with Gasteiger partial charge in [-0.05, 0) is 25.8 Å². The summed E-state index contributed by atoms with van der Waals surface area (Å²) in [4.78, 5) is 26.6. The molecule has 0 radical (unpaired) electrons. The lowest BCUT2D eigenvalue weighted by molar-refractivity contribution is -0.129. The number of benzene rings is 1. The minimum Gasteiger partial charge on any atom is -0.503 e. The fourth-order valence-electron chi connectivity index (χ4n) is 4.82. The number of nitrogens with zero attached hydrogens (tertiary/aromatic N) is 1. The van der Waals surface area contributed by atoms with Crippen LogP contribution in [0.25, 0.3) is 0 Å². The van der Waals surface area contributed by atoms with Gasteiger partial charge in [-0.15, -0.1) is 0 Å². The summed E-state index contributed by atoms with van der Waals surface area (Å²) in [6.07, 6.45) is 18.0. The molecule has 33 heavy (non-hydrogen) atoms. The number of aliphatic hydroxyl groups is 1. The number of ketones is 1. The highest BCUT2D eigenvalue weighted by molar-refractivity contribution is 6.08. The van der Waals surface area contributed by atoms with Crippen molar-refractivity contribution in [2.24, 2.45) is 0 Å². The number of unbranched alkanes of at least 4 members (excludes halogenated alkanes) is 13. The number of hydrogen-bond acceptors (Lipinski definition) is 3. The second kappa shape index (κ2) is 14.9. The number of aryl methyl sites for hydroxylation is 1. The third-order valence-corrected chi connectivity index (χ3v) is 6.83. The van der Waals surface area contributed by atoms with Gasteiger partial charge in [-0.25, -0.2) is 0 Å². The zero-order valence-corrected chi connectivity index (χ0v) is 21.2. The van der Waals surface area contributed by atoms with Gasteiger partial charge in [0.25, 0.3) is 5.91 Å². The van der Waals surface area contributed by atoms with Gasteiger partial charge in [-0.2, -0.15) is 0 Å². The highest BCUT2D eigenvalue weighted by Crippen LogP contribution is 2.37. The molecule has 0 unspecified atom stereocenters. The van der Waals surface area contributed by atoms with Crippen LogP contribution in [0.4, 0.5) is 0 Å². The molecule has 1 aliphatic rings. The summed E-state index contributed by atoms with van der Waals surface area (Å²) in [5.41, 5.74) is 2.24. The Morgan fingerprint density at radius 3 is 1.73 bits per heavy atom.